The van der Waals surface area contributed by atoms with Crippen molar-refractivity contribution >= 4 is 5.97 Å². The molecule has 106 valence electrons. The van der Waals surface area contributed by atoms with Gasteiger partial charge in [0, 0.05) is 6.54 Å². The molecule has 1 aliphatic carbocycles. The van der Waals surface area contributed by atoms with Crippen LogP contribution in [0.4, 0.5) is 0 Å². The Morgan fingerprint density at radius 2 is 2.20 bits per heavy atom. The molecule has 2 aromatic heterocycles. The summed E-state index contributed by atoms with van der Waals surface area (Å²) in [5.41, 5.74) is 1.00. The van der Waals surface area contributed by atoms with Crippen LogP contribution in [-0.2, 0) is 17.9 Å². The van der Waals surface area contributed by atoms with E-state index in [4.69, 9.17) is 0 Å². The average Bonchev–Trinajstić information content (AvgIpc) is 2.89. The molecule has 1 aliphatic rings. The number of aromatic nitrogens is 6. The lowest BCUT2D eigenvalue weighted by atomic mass is 10.1. The third-order valence-corrected chi connectivity index (χ3v) is 3.72. The molecule has 0 spiro atoms. The Kier molecular flexibility index (Phi) is 2.81. The molecule has 0 atom stereocenters. The molecular weight excluding hydrogens is 260 g/mol. The van der Waals surface area contributed by atoms with Gasteiger partial charge in [0.2, 0.25) is 0 Å². The third-order valence-electron chi connectivity index (χ3n) is 3.72. The first-order chi connectivity index (χ1) is 9.55. The van der Waals surface area contributed by atoms with Crippen LogP contribution in [-0.4, -0.2) is 41.1 Å². The summed E-state index contributed by atoms with van der Waals surface area (Å²) in [4.78, 5) is 11.3. The number of aryl methyl sites for hydroxylation is 2. The lowest BCUT2D eigenvalue weighted by molar-refractivity contribution is -0.144. The number of carboxylic acids is 1. The molecule has 0 unspecified atom stereocenters. The zero-order chi connectivity index (χ0) is 14.3. The first-order valence-electron chi connectivity index (χ1n) is 6.60. The highest BCUT2D eigenvalue weighted by molar-refractivity contribution is 5.77. The Hall–Kier alpha value is -2.25. The van der Waals surface area contributed by atoms with E-state index >= 15 is 0 Å². The van der Waals surface area contributed by atoms with Crippen molar-refractivity contribution in [2.24, 2.45) is 5.41 Å². The maximum absolute atomic E-state index is 11.3. The number of hydrogen-bond donors (Lipinski definition) is 1. The number of tetrazole rings is 1. The van der Waals surface area contributed by atoms with Gasteiger partial charge in [-0.25, -0.2) is 4.68 Å². The van der Waals surface area contributed by atoms with E-state index in [-0.39, 0.29) is 0 Å². The maximum atomic E-state index is 11.3. The van der Waals surface area contributed by atoms with Gasteiger partial charge in [-0.3, -0.25) is 9.48 Å². The van der Waals surface area contributed by atoms with Crippen molar-refractivity contribution in [3.8, 4) is 11.5 Å². The molecule has 8 heteroatoms. The van der Waals surface area contributed by atoms with E-state index in [0.29, 0.717) is 31.8 Å². The Labute approximate surface area is 115 Å². The molecule has 0 aromatic carbocycles. The average molecular weight is 276 g/mol. The Morgan fingerprint density at radius 3 is 2.80 bits per heavy atom. The Balaban J connectivity index is 1.96. The zero-order valence-electron chi connectivity index (χ0n) is 11.4. The molecule has 0 aliphatic heterocycles. The van der Waals surface area contributed by atoms with Crippen LogP contribution < -0.4 is 0 Å². The maximum Gasteiger partial charge on any atom is 0.311 e. The van der Waals surface area contributed by atoms with E-state index in [1.54, 1.807) is 4.68 Å². The second-order valence-electron chi connectivity index (χ2n) is 5.23. The van der Waals surface area contributed by atoms with E-state index in [9.17, 15) is 9.90 Å². The standard InChI is InChI=1S/C12H16N6O2/c1-3-17-9(6-8(2)14-17)10-13-15-16-18(10)7-12(4-5-12)11(19)20/h6H,3-5,7H2,1-2H3,(H,19,20). The van der Waals surface area contributed by atoms with Crippen molar-refractivity contribution in [2.45, 2.75) is 39.8 Å². The predicted molar refractivity (Wildman–Crippen MR) is 68.8 cm³/mol. The fraction of sp³-hybridized carbons (Fsp3) is 0.583. The first kappa shape index (κ1) is 12.8. The molecule has 0 bridgehead atoms. The van der Waals surface area contributed by atoms with Crippen LogP contribution in [0.25, 0.3) is 11.5 Å². The van der Waals surface area contributed by atoms with Gasteiger partial charge in [-0.1, -0.05) is 0 Å². The fourth-order valence-corrected chi connectivity index (χ4v) is 2.34. The molecule has 0 amide bonds. The summed E-state index contributed by atoms with van der Waals surface area (Å²) >= 11 is 0. The van der Waals surface area contributed by atoms with Crippen LogP contribution in [0.15, 0.2) is 6.07 Å². The van der Waals surface area contributed by atoms with Crippen LogP contribution >= 0.6 is 0 Å². The normalized spacial score (nSPS) is 16.3. The lowest BCUT2D eigenvalue weighted by Gasteiger charge is -2.11. The third kappa shape index (κ3) is 1.97. The highest BCUT2D eigenvalue weighted by atomic mass is 16.4. The molecule has 0 saturated heterocycles. The molecule has 20 heavy (non-hydrogen) atoms. The molecule has 1 saturated carbocycles. The molecule has 8 nitrogen and oxygen atoms in total. The van der Waals surface area contributed by atoms with Gasteiger partial charge in [-0.15, -0.1) is 5.10 Å². The van der Waals surface area contributed by atoms with Gasteiger partial charge < -0.3 is 5.11 Å². The van der Waals surface area contributed by atoms with E-state index in [1.807, 2.05) is 24.6 Å². The summed E-state index contributed by atoms with van der Waals surface area (Å²) in [6, 6.07) is 1.91. The highest BCUT2D eigenvalue weighted by Gasteiger charge is 2.51. The van der Waals surface area contributed by atoms with E-state index in [2.05, 4.69) is 20.6 Å². The topological polar surface area (TPSA) is 98.7 Å². The van der Waals surface area contributed by atoms with Crippen LogP contribution in [0.5, 0.6) is 0 Å². The predicted octanol–water partition coefficient (Wildman–Crippen LogP) is 0.730. The molecule has 1 fully saturated rings. The summed E-state index contributed by atoms with van der Waals surface area (Å²) in [5.74, 6) is -0.209. The zero-order valence-corrected chi connectivity index (χ0v) is 11.4. The number of rotatable bonds is 5. The van der Waals surface area contributed by atoms with E-state index < -0.39 is 11.4 Å². The van der Waals surface area contributed by atoms with Crippen molar-refractivity contribution in [3.63, 3.8) is 0 Å². The molecule has 3 rings (SSSR count). The second kappa shape index (κ2) is 4.39. The van der Waals surface area contributed by atoms with Crippen molar-refractivity contribution < 1.29 is 9.90 Å². The molecule has 0 radical (unpaired) electrons. The van der Waals surface area contributed by atoms with Crippen LogP contribution in [0, 0.1) is 12.3 Å². The number of aliphatic carboxylic acids is 1. The number of hydrogen-bond acceptors (Lipinski definition) is 5. The van der Waals surface area contributed by atoms with Gasteiger partial charge in [-0.05, 0) is 43.2 Å². The van der Waals surface area contributed by atoms with E-state index in [1.165, 1.54) is 0 Å². The van der Waals surface area contributed by atoms with Crippen LogP contribution in [0.1, 0.15) is 25.5 Å². The Bertz CT molecular complexity index is 655. The van der Waals surface area contributed by atoms with Crippen molar-refractivity contribution in [2.75, 3.05) is 0 Å². The largest absolute Gasteiger partial charge is 0.481 e. The summed E-state index contributed by atoms with van der Waals surface area (Å²) in [5, 5.41) is 25.3. The number of nitrogens with zero attached hydrogens (tertiary/aromatic N) is 6. The minimum absolute atomic E-state index is 0.304. The molecule has 2 heterocycles. The van der Waals surface area contributed by atoms with Crippen LogP contribution in [0.2, 0.25) is 0 Å². The number of carbonyl (C=O) groups is 1. The van der Waals surface area contributed by atoms with Gasteiger partial charge >= 0.3 is 5.97 Å². The molecule has 1 N–H and O–H groups in total. The van der Waals surface area contributed by atoms with E-state index in [0.717, 1.165) is 11.4 Å². The quantitative estimate of drug-likeness (QED) is 0.864. The minimum atomic E-state index is -0.779. The second-order valence-corrected chi connectivity index (χ2v) is 5.23. The van der Waals surface area contributed by atoms with Gasteiger partial charge in [0.25, 0.3) is 0 Å². The fourth-order valence-electron chi connectivity index (χ4n) is 2.34. The summed E-state index contributed by atoms with van der Waals surface area (Å²) in [6.45, 7) is 4.91. The first-order valence-corrected chi connectivity index (χ1v) is 6.60. The van der Waals surface area contributed by atoms with Crippen molar-refractivity contribution in [1.29, 1.82) is 0 Å². The Morgan fingerprint density at radius 1 is 1.45 bits per heavy atom. The van der Waals surface area contributed by atoms with Crippen molar-refractivity contribution in [3.05, 3.63) is 11.8 Å². The minimum Gasteiger partial charge on any atom is -0.481 e. The van der Waals surface area contributed by atoms with Crippen molar-refractivity contribution in [1.82, 2.24) is 30.0 Å². The number of carboxylic acid groups (broad SMARTS) is 1. The monoisotopic (exact) mass is 276 g/mol. The SMILES string of the molecule is CCn1nc(C)cc1-c1nnnn1CC1(C(=O)O)CC1. The summed E-state index contributed by atoms with van der Waals surface area (Å²) < 4.78 is 3.39. The lowest BCUT2D eigenvalue weighted by Crippen LogP contribution is -2.23. The van der Waals surface area contributed by atoms with Gasteiger partial charge in [0.05, 0.1) is 17.7 Å². The van der Waals surface area contributed by atoms with Crippen LogP contribution in [0.3, 0.4) is 0 Å². The van der Waals surface area contributed by atoms with Gasteiger partial charge in [0.15, 0.2) is 5.82 Å². The smallest absolute Gasteiger partial charge is 0.311 e. The summed E-state index contributed by atoms with van der Waals surface area (Å²) in [6.07, 6.45) is 1.35. The van der Waals surface area contributed by atoms with Gasteiger partial charge in [-0.2, -0.15) is 5.10 Å². The molecule has 2 aromatic rings. The summed E-state index contributed by atoms with van der Waals surface area (Å²) in [7, 11) is 0. The highest BCUT2D eigenvalue weighted by Crippen LogP contribution is 2.47. The molecular formula is C12H16N6O2. The van der Waals surface area contributed by atoms with Gasteiger partial charge in [0.1, 0.15) is 5.69 Å².